The molecule has 7 heteroatoms. The number of nitrogens with zero attached hydrogens (tertiary/aromatic N) is 3. The fourth-order valence-electron chi connectivity index (χ4n) is 5.04. The van der Waals surface area contributed by atoms with Gasteiger partial charge in [-0.15, -0.1) is 5.10 Å². The first kappa shape index (κ1) is 22.8. The Balaban J connectivity index is 1.57. The predicted molar refractivity (Wildman–Crippen MR) is 150 cm³/mol. The fraction of sp³-hybridized carbons (Fsp3) is 0.172. The first-order valence-electron chi connectivity index (χ1n) is 12.0. The zero-order valence-electron chi connectivity index (χ0n) is 19.9. The van der Waals surface area contributed by atoms with E-state index in [1.165, 1.54) is 5.56 Å². The Morgan fingerprint density at radius 1 is 0.944 bits per heavy atom. The van der Waals surface area contributed by atoms with Crippen molar-refractivity contribution in [2.45, 2.75) is 25.8 Å². The summed E-state index contributed by atoms with van der Waals surface area (Å²) in [6.45, 7) is 0.920. The Morgan fingerprint density at radius 3 is 2.42 bits per heavy atom. The number of methoxy groups -OCH3 is 1. The van der Waals surface area contributed by atoms with Gasteiger partial charge in [0.15, 0.2) is 5.82 Å². The first-order valence-corrected chi connectivity index (χ1v) is 12.8. The lowest BCUT2D eigenvalue weighted by molar-refractivity contribution is 0.415. The van der Waals surface area contributed by atoms with Gasteiger partial charge < -0.3 is 14.6 Å². The van der Waals surface area contributed by atoms with Crippen LogP contribution in [0.15, 0.2) is 78.9 Å². The van der Waals surface area contributed by atoms with Crippen molar-refractivity contribution in [2.75, 3.05) is 12.4 Å². The summed E-state index contributed by atoms with van der Waals surface area (Å²) in [6.07, 6.45) is 3.17. The number of halogens is 1. The summed E-state index contributed by atoms with van der Waals surface area (Å²) in [6, 6.07) is 26.2. The smallest absolute Gasteiger partial charge is 0.162 e. The van der Waals surface area contributed by atoms with E-state index in [0.29, 0.717) is 10.0 Å². The molecule has 0 amide bonds. The Morgan fingerprint density at radius 2 is 1.69 bits per heavy atom. The number of ether oxygens (including phenoxy) is 1. The maximum Gasteiger partial charge on any atom is 0.162 e. The molecule has 3 heterocycles. The minimum absolute atomic E-state index is 0.621. The van der Waals surface area contributed by atoms with E-state index in [2.05, 4.69) is 46.3 Å². The molecule has 1 aliphatic heterocycles. The molecular weight excluding hydrogens is 488 g/mol. The monoisotopic (exact) mass is 512 g/mol. The number of rotatable bonds is 5. The number of benzene rings is 3. The van der Waals surface area contributed by atoms with Gasteiger partial charge >= 0.3 is 0 Å². The standard InChI is InChI=1S/C29H25ClN4OS/c1-35-23-16-14-22(15-17-23)31-28(36)26-25(19-10-12-21(30)13-11-19)24-9-5-6-18-33-27(32-34(26)29(24)33)20-7-3-2-4-8-20/h2-4,7-8,10-17H,5-6,9,18H2,1H3,(H,31,36). The van der Waals surface area contributed by atoms with Crippen LogP contribution in [0.1, 0.15) is 24.1 Å². The Bertz CT molecular complexity index is 1550. The molecule has 5 nitrogen and oxygen atoms in total. The van der Waals surface area contributed by atoms with Crippen molar-refractivity contribution in [2.24, 2.45) is 0 Å². The number of anilines is 1. The van der Waals surface area contributed by atoms with E-state index in [0.717, 1.165) is 71.1 Å². The lowest BCUT2D eigenvalue weighted by Gasteiger charge is -2.12. The fourth-order valence-corrected chi connectivity index (χ4v) is 5.47. The molecule has 5 aromatic rings. The van der Waals surface area contributed by atoms with Crippen LogP contribution < -0.4 is 10.1 Å². The molecule has 2 aromatic heterocycles. The lowest BCUT2D eigenvalue weighted by Crippen LogP contribution is -2.15. The Kier molecular flexibility index (Phi) is 5.99. The van der Waals surface area contributed by atoms with E-state index in [1.54, 1.807) is 7.11 Å². The van der Waals surface area contributed by atoms with Crippen molar-refractivity contribution in [1.82, 2.24) is 14.2 Å². The van der Waals surface area contributed by atoms with Crippen molar-refractivity contribution in [3.8, 4) is 28.3 Å². The normalized spacial score (nSPS) is 12.9. The number of aryl methyl sites for hydroxylation is 2. The van der Waals surface area contributed by atoms with Crippen LogP contribution in [0.3, 0.4) is 0 Å². The molecule has 0 fully saturated rings. The van der Waals surface area contributed by atoms with Crippen molar-refractivity contribution >= 4 is 40.1 Å². The van der Waals surface area contributed by atoms with Gasteiger partial charge in [0, 0.05) is 33.9 Å². The molecule has 1 N–H and O–H groups in total. The molecule has 0 radical (unpaired) electrons. The number of nitrogens with one attached hydrogen (secondary N) is 1. The van der Waals surface area contributed by atoms with Gasteiger partial charge in [0.1, 0.15) is 22.1 Å². The molecule has 0 aliphatic carbocycles. The molecule has 0 spiro atoms. The molecule has 6 rings (SSSR count). The lowest BCUT2D eigenvalue weighted by atomic mass is 9.98. The first-order chi connectivity index (χ1) is 17.6. The summed E-state index contributed by atoms with van der Waals surface area (Å²) >= 11 is 12.3. The van der Waals surface area contributed by atoms with Crippen LogP contribution in [0.25, 0.3) is 28.2 Å². The van der Waals surface area contributed by atoms with Gasteiger partial charge in [0.2, 0.25) is 0 Å². The number of hydrogen-bond donors (Lipinski definition) is 1. The van der Waals surface area contributed by atoms with Crippen molar-refractivity contribution < 1.29 is 4.74 Å². The second-order valence-corrected chi connectivity index (χ2v) is 9.77. The summed E-state index contributed by atoms with van der Waals surface area (Å²) in [7, 11) is 1.66. The van der Waals surface area contributed by atoms with Crippen LogP contribution in [0.2, 0.25) is 5.02 Å². The molecule has 0 unspecified atom stereocenters. The van der Waals surface area contributed by atoms with Crippen LogP contribution in [0, 0.1) is 0 Å². The zero-order valence-corrected chi connectivity index (χ0v) is 21.4. The third-order valence-corrected chi connectivity index (χ3v) is 7.26. The van der Waals surface area contributed by atoms with Gasteiger partial charge in [-0.05, 0) is 61.2 Å². The van der Waals surface area contributed by atoms with Crippen LogP contribution in [0.5, 0.6) is 5.75 Å². The minimum Gasteiger partial charge on any atom is -0.497 e. The van der Waals surface area contributed by atoms with Crippen LogP contribution in [0.4, 0.5) is 5.69 Å². The number of aromatic nitrogens is 3. The van der Waals surface area contributed by atoms with Crippen LogP contribution >= 0.6 is 23.8 Å². The van der Waals surface area contributed by atoms with E-state index in [-0.39, 0.29) is 0 Å². The van der Waals surface area contributed by atoms with E-state index in [9.17, 15) is 0 Å². The third-order valence-electron chi connectivity index (χ3n) is 6.71. The van der Waals surface area contributed by atoms with Crippen LogP contribution in [-0.4, -0.2) is 26.3 Å². The average Bonchev–Trinajstić information content (AvgIpc) is 3.33. The number of thiocarbonyl (C=S) groups is 1. The molecular formula is C29H25ClN4OS. The van der Waals surface area contributed by atoms with Gasteiger partial charge in [0.25, 0.3) is 0 Å². The molecule has 0 saturated heterocycles. The molecule has 0 saturated carbocycles. The van der Waals surface area contributed by atoms with Crippen molar-refractivity contribution in [3.05, 3.63) is 95.1 Å². The minimum atomic E-state index is 0.621. The molecule has 180 valence electrons. The third kappa shape index (κ3) is 3.96. The summed E-state index contributed by atoms with van der Waals surface area (Å²) < 4.78 is 9.71. The zero-order chi connectivity index (χ0) is 24.6. The van der Waals surface area contributed by atoms with Gasteiger partial charge in [-0.25, -0.2) is 4.52 Å². The van der Waals surface area contributed by atoms with E-state index in [4.69, 9.17) is 33.7 Å². The molecule has 1 aliphatic rings. The Hall–Kier alpha value is -3.61. The SMILES string of the molecule is COc1ccc(NC(=S)c2c(-c3ccc(Cl)cc3)c3c4n(c(-c5ccccc5)nn24)CCCC3)cc1. The van der Waals surface area contributed by atoms with Crippen LogP contribution in [-0.2, 0) is 13.0 Å². The summed E-state index contributed by atoms with van der Waals surface area (Å²) in [5, 5.41) is 9.31. The highest BCUT2D eigenvalue weighted by molar-refractivity contribution is 7.81. The van der Waals surface area contributed by atoms with E-state index >= 15 is 0 Å². The molecule has 0 bridgehead atoms. The molecule has 3 aromatic carbocycles. The van der Waals surface area contributed by atoms with Gasteiger partial charge in [-0.1, -0.05) is 66.3 Å². The van der Waals surface area contributed by atoms with Crippen molar-refractivity contribution in [3.63, 3.8) is 0 Å². The van der Waals surface area contributed by atoms with Crippen molar-refractivity contribution in [1.29, 1.82) is 0 Å². The van der Waals surface area contributed by atoms with Gasteiger partial charge in [0.05, 0.1) is 7.11 Å². The Labute approximate surface area is 220 Å². The number of hydrogen-bond acceptors (Lipinski definition) is 3. The van der Waals surface area contributed by atoms with Gasteiger partial charge in [-0.3, -0.25) is 0 Å². The maximum atomic E-state index is 6.25. The summed E-state index contributed by atoms with van der Waals surface area (Å²) in [5.74, 6) is 1.76. The molecule has 36 heavy (non-hydrogen) atoms. The highest BCUT2D eigenvalue weighted by Crippen LogP contribution is 2.39. The highest BCUT2D eigenvalue weighted by atomic mass is 35.5. The maximum absolute atomic E-state index is 6.25. The van der Waals surface area contributed by atoms with E-state index in [1.807, 2.05) is 47.0 Å². The summed E-state index contributed by atoms with van der Waals surface area (Å²) in [5.41, 5.74) is 7.49. The average molecular weight is 513 g/mol. The second-order valence-electron chi connectivity index (χ2n) is 8.93. The van der Waals surface area contributed by atoms with Gasteiger partial charge in [-0.2, -0.15) is 0 Å². The molecule has 0 atom stereocenters. The summed E-state index contributed by atoms with van der Waals surface area (Å²) in [4.78, 5) is 0.621. The predicted octanol–water partition coefficient (Wildman–Crippen LogP) is 7.26. The van der Waals surface area contributed by atoms with E-state index < -0.39 is 0 Å². The second kappa shape index (κ2) is 9.45. The largest absolute Gasteiger partial charge is 0.497 e. The highest BCUT2D eigenvalue weighted by Gasteiger charge is 2.29. The quantitative estimate of drug-likeness (QED) is 0.252. The topological polar surface area (TPSA) is 43.5 Å².